The van der Waals surface area contributed by atoms with Crippen molar-refractivity contribution in [1.29, 1.82) is 0 Å². The Hall–Kier alpha value is -2.55. The van der Waals surface area contributed by atoms with Crippen LogP contribution >= 0.6 is 0 Å². The molecule has 0 aliphatic rings. The Kier molecular flexibility index (Phi) is 2.90. The fourth-order valence-electron chi connectivity index (χ4n) is 1.45. The van der Waals surface area contributed by atoms with Crippen LogP contribution in [0.4, 0.5) is 11.6 Å². The van der Waals surface area contributed by atoms with Crippen molar-refractivity contribution in [3.05, 3.63) is 34.0 Å². The van der Waals surface area contributed by atoms with E-state index in [1.165, 1.54) is 10.9 Å². The lowest BCUT2D eigenvalue weighted by molar-refractivity contribution is -0.385. The maximum absolute atomic E-state index is 11.0. The minimum atomic E-state index is -0.551. The van der Waals surface area contributed by atoms with E-state index < -0.39 is 4.92 Å². The summed E-state index contributed by atoms with van der Waals surface area (Å²) in [6, 6.07) is 0. The largest absolute Gasteiger partial charge is 0.330 e. The van der Waals surface area contributed by atoms with E-state index in [4.69, 9.17) is 5.84 Å². The minimum absolute atomic E-state index is 0.0985. The van der Waals surface area contributed by atoms with Crippen molar-refractivity contribution in [2.45, 2.75) is 13.8 Å². The van der Waals surface area contributed by atoms with Crippen molar-refractivity contribution < 1.29 is 4.92 Å². The first-order chi connectivity index (χ1) is 8.54. The highest BCUT2D eigenvalue weighted by atomic mass is 16.6. The lowest BCUT2D eigenvalue weighted by Gasteiger charge is -2.06. The van der Waals surface area contributed by atoms with Gasteiger partial charge in [0.2, 0.25) is 11.8 Å². The summed E-state index contributed by atoms with van der Waals surface area (Å²) in [5.74, 6) is 5.42. The molecular weight excluding hydrogens is 238 g/mol. The molecule has 0 radical (unpaired) electrons. The van der Waals surface area contributed by atoms with E-state index in [0.717, 1.165) is 17.6 Å². The molecule has 0 atom stereocenters. The predicted octanol–water partition coefficient (Wildman–Crippen LogP) is 0.473. The Bertz CT molecular complexity index is 607. The third-order valence-electron chi connectivity index (χ3n) is 2.56. The maximum Gasteiger partial charge on any atom is 0.330 e. The zero-order chi connectivity index (χ0) is 13.3. The van der Waals surface area contributed by atoms with E-state index in [0.29, 0.717) is 0 Å². The van der Waals surface area contributed by atoms with Crippen molar-refractivity contribution in [3.63, 3.8) is 0 Å². The molecule has 2 aromatic rings. The number of aromatic nitrogens is 4. The van der Waals surface area contributed by atoms with Gasteiger partial charge in [-0.1, -0.05) is 0 Å². The predicted molar refractivity (Wildman–Crippen MR) is 63.1 cm³/mol. The lowest BCUT2D eigenvalue weighted by Crippen LogP contribution is -2.13. The fraction of sp³-hybridized carbons (Fsp3) is 0.222. The second kappa shape index (κ2) is 4.37. The normalized spacial score (nSPS) is 10.4. The number of hydrogen-bond donors (Lipinski definition) is 2. The summed E-state index contributed by atoms with van der Waals surface area (Å²) < 4.78 is 1.52. The lowest BCUT2D eigenvalue weighted by atomic mass is 10.3. The number of anilines is 1. The van der Waals surface area contributed by atoms with Gasteiger partial charge < -0.3 is 0 Å². The molecule has 9 heteroatoms. The van der Waals surface area contributed by atoms with Crippen LogP contribution in [-0.4, -0.2) is 24.4 Å². The molecule has 2 heterocycles. The molecule has 0 spiro atoms. The molecule has 9 nitrogen and oxygen atoms in total. The fourth-order valence-corrected chi connectivity index (χ4v) is 1.45. The smallest absolute Gasteiger partial charge is 0.292 e. The zero-order valence-electron chi connectivity index (χ0n) is 9.78. The van der Waals surface area contributed by atoms with E-state index >= 15 is 0 Å². The Morgan fingerprint density at radius 3 is 2.67 bits per heavy atom. The Morgan fingerprint density at radius 1 is 1.44 bits per heavy atom. The second-order valence-corrected chi connectivity index (χ2v) is 3.59. The van der Waals surface area contributed by atoms with Gasteiger partial charge in [-0.3, -0.25) is 20.1 Å². The molecule has 0 bridgehead atoms. The van der Waals surface area contributed by atoms with Crippen LogP contribution in [0.25, 0.3) is 5.82 Å². The van der Waals surface area contributed by atoms with E-state index in [1.54, 1.807) is 13.8 Å². The van der Waals surface area contributed by atoms with Gasteiger partial charge in [-0.25, -0.2) is 15.8 Å². The Balaban J connectivity index is 2.67. The summed E-state index contributed by atoms with van der Waals surface area (Å²) in [7, 11) is 0. The molecule has 2 rings (SSSR count). The number of nitro groups is 1. The molecule has 2 aromatic heterocycles. The molecule has 0 fully saturated rings. The van der Waals surface area contributed by atoms with Crippen LogP contribution in [0.5, 0.6) is 0 Å². The second-order valence-electron chi connectivity index (χ2n) is 3.59. The first-order valence-electron chi connectivity index (χ1n) is 5.03. The highest BCUT2D eigenvalue weighted by Crippen LogP contribution is 2.22. The number of imidazole rings is 1. The van der Waals surface area contributed by atoms with Crippen LogP contribution in [0, 0.1) is 24.0 Å². The van der Waals surface area contributed by atoms with E-state index in [2.05, 4.69) is 20.4 Å². The summed E-state index contributed by atoms with van der Waals surface area (Å²) >= 11 is 0. The van der Waals surface area contributed by atoms with Crippen molar-refractivity contribution in [2.75, 3.05) is 5.43 Å². The topological polar surface area (TPSA) is 125 Å². The molecule has 18 heavy (non-hydrogen) atoms. The maximum atomic E-state index is 11.0. The highest BCUT2D eigenvalue weighted by molar-refractivity contribution is 5.49. The van der Waals surface area contributed by atoms with E-state index in [-0.39, 0.29) is 17.5 Å². The summed E-state index contributed by atoms with van der Waals surface area (Å²) in [6.45, 7) is 3.60. The van der Waals surface area contributed by atoms with Gasteiger partial charge in [-0.2, -0.15) is 4.98 Å². The van der Waals surface area contributed by atoms with E-state index in [9.17, 15) is 10.1 Å². The molecule has 0 unspecified atom stereocenters. The van der Waals surface area contributed by atoms with Crippen LogP contribution < -0.4 is 11.3 Å². The van der Waals surface area contributed by atoms with Crippen LogP contribution in [0.3, 0.4) is 0 Å². The third-order valence-corrected chi connectivity index (χ3v) is 2.56. The van der Waals surface area contributed by atoms with Crippen LogP contribution in [0.15, 0.2) is 12.5 Å². The molecule has 0 aromatic carbocycles. The van der Waals surface area contributed by atoms with Gasteiger partial charge in [-0.05, 0) is 13.8 Å². The number of nitrogens with zero attached hydrogens (tertiary/aromatic N) is 5. The number of nitrogens with one attached hydrogen (secondary N) is 1. The monoisotopic (exact) mass is 249 g/mol. The van der Waals surface area contributed by atoms with Crippen molar-refractivity contribution >= 4 is 11.6 Å². The third kappa shape index (κ3) is 1.86. The van der Waals surface area contributed by atoms with E-state index in [1.807, 2.05) is 0 Å². The van der Waals surface area contributed by atoms with Crippen LogP contribution in [0.2, 0.25) is 0 Å². The first kappa shape index (κ1) is 11.9. The Labute approximate surface area is 102 Å². The number of nitrogen functional groups attached to an aromatic ring is 1. The number of aryl methyl sites for hydroxylation is 1. The minimum Gasteiger partial charge on any atom is -0.292 e. The number of nitrogens with two attached hydrogens (primary N) is 1. The number of rotatable bonds is 3. The molecule has 0 saturated heterocycles. The SMILES string of the molecule is Cc1ncn(-c2nc(NN)ncc2[N+](=O)[O-])c1C. The van der Waals surface area contributed by atoms with Gasteiger partial charge in [0.05, 0.1) is 10.6 Å². The van der Waals surface area contributed by atoms with Crippen LogP contribution in [0.1, 0.15) is 11.4 Å². The molecule has 3 N–H and O–H groups in total. The van der Waals surface area contributed by atoms with Crippen molar-refractivity contribution in [1.82, 2.24) is 19.5 Å². The quantitative estimate of drug-likeness (QED) is 0.460. The summed E-state index contributed by atoms with van der Waals surface area (Å²) in [6.07, 6.45) is 2.58. The molecule has 0 amide bonds. The molecular formula is C9H11N7O2. The molecule has 0 saturated carbocycles. The Morgan fingerprint density at radius 2 is 2.17 bits per heavy atom. The first-order valence-corrected chi connectivity index (χ1v) is 5.03. The van der Waals surface area contributed by atoms with Gasteiger partial charge in [0.1, 0.15) is 12.5 Å². The average Bonchev–Trinajstić information content (AvgIpc) is 2.69. The summed E-state index contributed by atoms with van der Waals surface area (Å²) in [5.41, 5.74) is 3.57. The molecule has 0 aliphatic heterocycles. The number of hydrazine groups is 1. The van der Waals surface area contributed by atoms with Crippen LogP contribution in [-0.2, 0) is 0 Å². The van der Waals surface area contributed by atoms with Crippen molar-refractivity contribution in [2.24, 2.45) is 5.84 Å². The van der Waals surface area contributed by atoms with Gasteiger partial charge in [0.25, 0.3) is 0 Å². The standard InChI is InChI=1S/C9H11N7O2/c1-5-6(2)15(4-12-5)8-7(16(17)18)3-11-9(13-8)14-10/h3-4H,10H2,1-2H3,(H,11,13,14). The van der Waals surface area contributed by atoms with Gasteiger partial charge >= 0.3 is 5.69 Å². The summed E-state index contributed by atoms with van der Waals surface area (Å²) in [5, 5.41) is 11.0. The average molecular weight is 249 g/mol. The van der Waals surface area contributed by atoms with Gasteiger partial charge in [-0.15, -0.1) is 0 Å². The molecule has 94 valence electrons. The van der Waals surface area contributed by atoms with Gasteiger partial charge in [0, 0.05) is 5.69 Å². The highest BCUT2D eigenvalue weighted by Gasteiger charge is 2.20. The van der Waals surface area contributed by atoms with Gasteiger partial charge in [0.15, 0.2) is 0 Å². The van der Waals surface area contributed by atoms with Crippen molar-refractivity contribution in [3.8, 4) is 5.82 Å². The number of hydrogen-bond acceptors (Lipinski definition) is 7. The molecule has 0 aliphatic carbocycles. The zero-order valence-corrected chi connectivity index (χ0v) is 9.78. The summed E-state index contributed by atoms with van der Waals surface area (Å²) in [4.78, 5) is 22.2.